The second-order valence-electron chi connectivity index (χ2n) is 5.43. The van der Waals surface area contributed by atoms with Crippen LogP contribution in [0.25, 0.3) is 6.08 Å². The summed E-state index contributed by atoms with van der Waals surface area (Å²) in [5, 5.41) is 3.91. The van der Waals surface area contributed by atoms with Crippen molar-refractivity contribution in [3.05, 3.63) is 58.5 Å². The number of nitrogens with one attached hydrogen (secondary N) is 1. The van der Waals surface area contributed by atoms with Gasteiger partial charge in [0.1, 0.15) is 11.5 Å². The van der Waals surface area contributed by atoms with E-state index in [4.69, 9.17) is 9.47 Å². The van der Waals surface area contributed by atoms with Gasteiger partial charge in [-0.3, -0.25) is 4.79 Å². The first-order valence-corrected chi connectivity index (χ1v) is 9.06. The van der Waals surface area contributed by atoms with E-state index in [1.165, 1.54) is 12.1 Å². The Morgan fingerprint density at radius 2 is 1.92 bits per heavy atom. The van der Waals surface area contributed by atoms with Crippen molar-refractivity contribution < 1.29 is 22.7 Å². The van der Waals surface area contributed by atoms with Gasteiger partial charge in [-0.15, -0.1) is 0 Å². The van der Waals surface area contributed by atoms with E-state index in [0.29, 0.717) is 22.6 Å². The number of benzene rings is 2. The van der Waals surface area contributed by atoms with Crippen molar-refractivity contribution in [3.8, 4) is 11.5 Å². The molecule has 0 fully saturated rings. The number of carbonyl (C=O) groups is 1. The number of rotatable bonds is 5. The smallest absolute Gasteiger partial charge is 0.252 e. The number of amides is 1. The standard InChI is InChI=1S/C18H17NO5S/c1-23-13-7-6-12(16(10-13)24-2)11-19-18(20)15-4-3-5-17-14(15)8-9-25(17,21)22/h3-10H,11H2,1-2H3,(H,19,20). The number of ether oxygens (including phenoxy) is 2. The molecule has 2 aromatic rings. The van der Waals surface area contributed by atoms with Crippen LogP contribution < -0.4 is 14.8 Å². The summed E-state index contributed by atoms with van der Waals surface area (Å²) in [6.07, 6.45) is 1.45. The minimum Gasteiger partial charge on any atom is -0.497 e. The summed E-state index contributed by atoms with van der Waals surface area (Å²) < 4.78 is 34.3. The first-order valence-electron chi connectivity index (χ1n) is 7.51. The summed E-state index contributed by atoms with van der Waals surface area (Å²) in [4.78, 5) is 12.7. The summed E-state index contributed by atoms with van der Waals surface area (Å²) in [6.45, 7) is 0.242. The van der Waals surface area contributed by atoms with Gasteiger partial charge in [-0.1, -0.05) is 6.07 Å². The Bertz CT molecular complexity index is 963. The lowest BCUT2D eigenvalue weighted by Crippen LogP contribution is -2.24. The molecule has 0 aromatic heterocycles. The highest BCUT2D eigenvalue weighted by molar-refractivity contribution is 7.94. The highest BCUT2D eigenvalue weighted by Gasteiger charge is 2.25. The molecule has 1 N–H and O–H groups in total. The molecule has 0 aliphatic carbocycles. The Labute approximate surface area is 146 Å². The molecule has 0 saturated carbocycles. The molecule has 0 radical (unpaired) electrons. The minimum atomic E-state index is -3.44. The van der Waals surface area contributed by atoms with Gasteiger partial charge in [-0.2, -0.15) is 0 Å². The van der Waals surface area contributed by atoms with Crippen LogP contribution >= 0.6 is 0 Å². The number of carbonyl (C=O) groups excluding carboxylic acids is 1. The monoisotopic (exact) mass is 359 g/mol. The maximum Gasteiger partial charge on any atom is 0.252 e. The van der Waals surface area contributed by atoms with Crippen molar-refractivity contribution >= 4 is 21.8 Å². The van der Waals surface area contributed by atoms with E-state index in [-0.39, 0.29) is 17.3 Å². The lowest BCUT2D eigenvalue weighted by atomic mass is 10.1. The van der Waals surface area contributed by atoms with E-state index < -0.39 is 9.84 Å². The molecule has 0 spiro atoms. The molecule has 6 nitrogen and oxygen atoms in total. The molecule has 3 rings (SSSR count). The fraction of sp³-hybridized carbons (Fsp3) is 0.167. The number of methoxy groups -OCH3 is 2. The van der Waals surface area contributed by atoms with Crippen LogP contribution in [0, 0.1) is 0 Å². The number of hydrogen-bond acceptors (Lipinski definition) is 5. The van der Waals surface area contributed by atoms with Crippen molar-refractivity contribution in [3.63, 3.8) is 0 Å². The largest absolute Gasteiger partial charge is 0.497 e. The second kappa shape index (κ2) is 6.60. The average Bonchev–Trinajstić information content (AvgIpc) is 2.94. The molecule has 25 heavy (non-hydrogen) atoms. The normalized spacial score (nSPS) is 14.0. The van der Waals surface area contributed by atoms with Crippen LogP contribution in [-0.2, 0) is 16.4 Å². The number of hydrogen-bond donors (Lipinski definition) is 1. The van der Waals surface area contributed by atoms with E-state index in [9.17, 15) is 13.2 Å². The first kappa shape index (κ1) is 17.0. The molecule has 2 aromatic carbocycles. The van der Waals surface area contributed by atoms with Gasteiger partial charge in [-0.25, -0.2) is 8.42 Å². The molecule has 130 valence electrons. The molecule has 7 heteroatoms. The molecule has 0 bridgehead atoms. The highest BCUT2D eigenvalue weighted by Crippen LogP contribution is 2.29. The van der Waals surface area contributed by atoms with Gasteiger partial charge in [0.15, 0.2) is 9.84 Å². The summed E-state index contributed by atoms with van der Waals surface area (Å²) >= 11 is 0. The van der Waals surface area contributed by atoms with Gasteiger partial charge in [0.05, 0.1) is 19.1 Å². The quantitative estimate of drug-likeness (QED) is 0.886. The molecule has 0 atom stereocenters. The van der Waals surface area contributed by atoms with Gasteiger partial charge in [-0.05, 0) is 30.3 Å². The van der Waals surface area contributed by atoms with Gasteiger partial charge >= 0.3 is 0 Å². The summed E-state index contributed by atoms with van der Waals surface area (Å²) in [7, 11) is -0.337. The third-order valence-corrected chi connectivity index (χ3v) is 5.43. The van der Waals surface area contributed by atoms with Crippen LogP contribution in [0.4, 0.5) is 0 Å². The fourth-order valence-electron chi connectivity index (χ4n) is 2.66. The molecule has 1 aliphatic rings. The third-order valence-electron chi connectivity index (χ3n) is 3.96. The minimum absolute atomic E-state index is 0.155. The maximum atomic E-state index is 12.5. The number of fused-ring (bicyclic) bond motifs is 1. The summed E-state index contributed by atoms with van der Waals surface area (Å²) in [5.41, 5.74) is 1.52. The topological polar surface area (TPSA) is 81.7 Å². The zero-order chi connectivity index (χ0) is 18.0. The predicted molar refractivity (Wildman–Crippen MR) is 93.4 cm³/mol. The van der Waals surface area contributed by atoms with Gasteiger partial charge in [0.25, 0.3) is 5.91 Å². The lowest BCUT2D eigenvalue weighted by molar-refractivity contribution is 0.0950. The Morgan fingerprint density at radius 1 is 1.12 bits per heavy atom. The van der Waals surface area contributed by atoms with E-state index in [1.54, 1.807) is 44.6 Å². The fourth-order valence-corrected chi connectivity index (χ4v) is 3.88. The molecular weight excluding hydrogens is 342 g/mol. The third kappa shape index (κ3) is 3.23. The Balaban J connectivity index is 1.81. The highest BCUT2D eigenvalue weighted by atomic mass is 32.2. The van der Waals surface area contributed by atoms with E-state index in [0.717, 1.165) is 11.0 Å². The Hall–Kier alpha value is -2.80. The van der Waals surface area contributed by atoms with Crippen molar-refractivity contribution in [1.82, 2.24) is 5.32 Å². The molecule has 1 amide bonds. The molecule has 0 unspecified atom stereocenters. The molecular formula is C18H17NO5S. The molecule has 1 aliphatic heterocycles. The van der Waals surface area contributed by atoms with Crippen molar-refractivity contribution in [2.75, 3.05) is 14.2 Å². The van der Waals surface area contributed by atoms with Crippen LogP contribution in [0.1, 0.15) is 21.5 Å². The predicted octanol–water partition coefficient (Wildman–Crippen LogP) is 2.39. The van der Waals surface area contributed by atoms with E-state index in [1.807, 2.05) is 0 Å². The summed E-state index contributed by atoms with van der Waals surface area (Å²) in [5.74, 6) is 0.903. The number of sulfone groups is 1. The van der Waals surface area contributed by atoms with Crippen LogP contribution in [0.3, 0.4) is 0 Å². The van der Waals surface area contributed by atoms with Gasteiger partial charge in [0.2, 0.25) is 0 Å². The van der Waals surface area contributed by atoms with E-state index in [2.05, 4.69) is 5.32 Å². The van der Waals surface area contributed by atoms with Crippen molar-refractivity contribution in [1.29, 1.82) is 0 Å². The molecule has 1 heterocycles. The Kier molecular flexibility index (Phi) is 4.50. The van der Waals surface area contributed by atoms with Crippen LogP contribution in [0.5, 0.6) is 11.5 Å². The van der Waals surface area contributed by atoms with Crippen molar-refractivity contribution in [2.45, 2.75) is 11.4 Å². The maximum absolute atomic E-state index is 12.5. The lowest BCUT2D eigenvalue weighted by Gasteiger charge is -2.12. The zero-order valence-electron chi connectivity index (χ0n) is 13.8. The average molecular weight is 359 g/mol. The summed E-state index contributed by atoms with van der Waals surface area (Å²) in [6, 6.07) is 9.97. The first-order chi connectivity index (χ1) is 12.0. The van der Waals surface area contributed by atoms with Gasteiger partial charge < -0.3 is 14.8 Å². The zero-order valence-corrected chi connectivity index (χ0v) is 14.6. The van der Waals surface area contributed by atoms with Crippen LogP contribution in [-0.4, -0.2) is 28.5 Å². The SMILES string of the molecule is COc1ccc(CNC(=O)c2cccc3c2C=CS3(=O)=O)c(OC)c1. The van der Waals surface area contributed by atoms with Crippen LogP contribution in [0.15, 0.2) is 46.7 Å². The van der Waals surface area contributed by atoms with Gasteiger partial charge in [0, 0.05) is 34.7 Å². The van der Waals surface area contributed by atoms with E-state index >= 15 is 0 Å². The Morgan fingerprint density at radius 3 is 2.64 bits per heavy atom. The second-order valence-corrected chi connectivity index (χ2v) is 7.23. The molecule has 0 saturated heterocycles. The van der Waals surface area contributed by atoms with Crippen molar-refractivity contribution in [2.24, 2.45) is 0 Å². The van der Waals surface area contributed by atoms with Crippen LogP contribution in [0.2, 0.25) is 0 Å².